The number of aromatic nitrogens is 5. The number of hydrogen-bond acceptors (Lipinski definition) is 5. The molecule has 0 bridgehead atoms. The molecule has 0 saturated carbocycles. The maximum Gasteiger partial charge on any atom is 0.163 e. The van der Waals surface area contributed by atoms with E-state index in [2.05, 4.69) is 32.3 Å². The fourth-order valence-corrected chi connectivity index (χ4v) is 2.19. The van der Waals surface area contributed by atoms with Crippen molar-refractivity contribution >= 4 is 5.82 Å². The fourth-order valence-electron chi connectivity index (χ4n) is 2.19. The highest BCUT2D eigenvalue weighted by molar-refractivity contribution is 5.56. The van der Waals surface area contributed by atoms with Crippen LogP contribution >= 0.6 is 0 Å². The molecular weight excluding hydrogens is 276 g/mol. The van der Waals surface area contributed by atoms with Gasteiger partial charge in [-0.1, -0.05) is 0 Å². The molecule has 0 aliphatic carbocycles. The molecule has 0 radical (unpaired) electrons. The van der Waals surface area contributed by atoms with Crippen molar-refractivity contribution in [1.29, 1.82) is 0 Å². The number of nitrogens with one attached hydrogen (secondary N) is 1. The lowest BCUT2D eigenvalue weighted by Gasteiger charge is -2.08. The van der Waals surface area contributed by atoms with E-state index in [0.717, 1.165) is 28.3 Å². The Morgan fingerprint density at radius 3 is 2.73 bits per heavy atom. The first kappa shape index (κ1) is 14.2. The highest BCUT2D eigenvalue weighted by Crippen LogP contribution is 2.17. The Morgan fingerprint density at radius 1 is 1.18 bits per heavy atom. The minimum atomic E-state index is 0.679. The van der Waals surface area contributed by atoms with E-state index >= 15 is 0 Å². The summed E-state index contributed by atoms with van der Waals surface area (Å²) in [6.07, 6.45) is 5.38. The first-order chi connectivity index (χ1) is 10.6. The van der Waals surface area contributed by atoms with Crippen LogP contribution in [0.5, 0.6) is 0 Å². The number of pyridine rings is 1. The summed E-state index contributed by atoms with van der Waals surface area (Å²) < 4.78 is 1.86. The van der Waals surface area contributed by atoms with Gasteiger partial charge in [-0.25, -0.2) is 9.97 Å². The zero-order valence-electron chi connectivity index (χ0n) is 12.9. The second-order valence-corrected chi connectivity index (χ2v) is 5.19. The molecule has 0 saturated heterocycles. The van der Waals surface area contributed by atoms with Crippen molar-refractivity contribution in [3.05, 3.63) is 53.7 Å². The SMILES string of the molecule is Cc1cc(NCc2cnn(C)c2C)nc(-c2cccnc2)n1. The lowest BCUT2D eigenvalue weighted by molar-refractivity contribution is 0.738. The van der Waals surface area contributed by atoms with E-state index in [1.807, 2.05) is 43.0 Å². The van der Waals surface area contributed by atoms with Crippen molar-refractivity contribution in [3.63, 3.8) is 0 Å². The summed E-state index contributed by atoms with van der Waals surface area (Å²) >= 11 is 0. The third-order valence-electron chi connectivity index (χ3n) is 3.57. The number of hydrogen-bond donors (Lipinski definition) is 1. The van der Waals surface area contributed by atoms with Crippen LogP contribution in [-0.2, 0) is 13.6 Å². The largest absolute Gasteiger partial charge is 0.366 e. The highest BCUT2D eigenvalue weighted by Gasteiger charge is 2.07. The van der Waals surface area contributed by atoms with Crippen LogP contribution in [-0.4, -0.2) is 24.7 Å². The van der Waals surface area contributed by atoms with Crippen molar-refractivity contribution < 1.29 is 0 Å². The van der Waals surface area contributed by atoms with Gasteiger partial charge >= 0.3 is 0 Å². The van der Waals surface area contributed by atoms with Gasteiger partial charge in [0.15, 0.2) is 5.82 Å². The number of nitrogens with zero attached hydrogens (tertiary/aromatic N) is 5. The topological polar surface area (TPSA) is 68.5 Å². The Bertz CT molecular complexity index is 779. The van der Waals surface area contributed by atoms with Gasteiger partial charge in [-0.2, -0.15) is 5.10 Å². The molecule has 0 fully saturated rings. The molecule has 0 spiro atoms. The van der Waals surface area contributed by atoms with Crippen LogP contribution in [0.15, 0.2) is 36.8 Å². The molecule has 3 rings (SSSR count). The molecular formula is C16H18N6. The fraction of sp³-hybridized carbons (Fsp3) is 0.250. The van der Waals surface area contributed by atoms with Gasteiger partial charge in [0.1, 0.15) is 5.82 Å². The van der Waals surface area contributed by atoms with Gasteiger partial charge in [-0.3, -0.25) is 9.67 Å². The minimum absolute atomic E-state index is 0.679. The summed E-state index contributed by atoms with van der Waals surface area (Å²) in [5.74, 6) is 1.48. The first-order valence-electron chi connectivity index (χ1n) is 7.11. The van der Waals surface area contributed by atoms with Crippen LogP contribution in [0.3, 0.4) is 0 Å². The number of anilines is 1. The molecule has 1 N–H and O–H groups in total. The predicted octanol–water partition coefficient (Wildman–Crippen LogP) is 2.50. The van der Waals surface area contributed by atoms with Crippen LogP contribution in [0.4, 0.5) is 5.82 Å². The van der Waals surface area contributed by atoms with Gasteiger partial charge in [0.05, 0.1) is 6.20 Å². The first-order valence-corrected chi connectivity index (χ1v) is 7.11. The van der Waals surface area contributed by atoms with Gasteiger partial charge in [0.2, 0.25) is 0 Å². The van der Waals surface area contributed by atoms with E-state index in [1.165, 1.54) is 0 Å². The van der Waals surface area contributed by atoms with Crippen molar-refractivity contribution in [1.82, 2.24) is 24.7 Å². The number of aryl methyl sites for hydroxylation is 2. The molecule has 0 amide bonds. The lowest BCUT2D eigenvalue weighted by Crippen LogP contribution is -2.05. The summed E-state index contributed by atoms with van der Waals surface area (Å²) in [6, 6.07) is 5.77. The molecule has 0 unspecified atom stereocenters. The molecule has 3 aromatic heterocycles. The Labute approximate surface area is 129 Å². The average Bonchev–Trinajstić information content (AvgIpc) is 2.85. The summed E-state index contributed by atoms with van der Waals surface area (Å²) in [5, 5.41) is 7.59. The Hall–Kier alpha value is -2.76. The molecule has 6 heteroatoms. The Morgan fingerprint density at radius 2 is 2.05 bits per heavy atom. The van der Waals surface area contributed by atoms with Gasteiger partial charge < -0.3 is 5.32 Å². The second kappa shape index (κ2) is 5.93. The van der Waals surface area contributed by atoms with E-state index in [9.17, 15) is 0 Å². The van der Waals surface area contributed by atoms with Crippen LogP contribution in [0, 0.1) is 13.8 Å². The van der Waals surface area contributed by atoms with Gasteiger partial charge in [-0.05, 0) is 26.0 Å². The van der Waals surface area contributed by atoms with E-state index in [4.69, 9.17) is 0 Å². The van der Waals surface area contributed by atoms with Gasteiger partial charge in [0.25, 0.3) is 0 Å². The lowest BCUT2D eigenvalue weighted by atomic mass is 10.2. The molecule has 3 heterocycles. The Kier molecular flexibility index (Phi) is 3.82. The van der Waals surface area contributed by atoms with Crippen molar-refractivity contribution in [2.45, 2.75) is 20.4 Å². The monoisotopic (exact) mass is 294 g/mol. The minimum Gasteiger partial charge on any atom is -0.366 e. The normalized spacial score (nSPS) is 10.7. The molecule has 0 atom stereocenters. The van der Waals surface area contributed by atoms with E-state index in [0.29, 0.717) is 12.4 Å². The summed E-state index contributed by atoms with van der Waals surface area (Å²) in [6.45, 7) is 4.70. The zero-order chi connectivity index (χ0) is 15.5. The van der Waals surface area contributed by atoms with Crippen LogP contribution in [0.25, 0.3) is 11.4 Å². The number of rotatable bonds is 4. The quantitative estimate of drug-likeness (QED) is 0.800. The maximum absolute atomic E-state index is 4.57. The van der Waals surface area contributed by atoms with Crippen LogP contribution in [0.2, 0.25) is 0 Å². The predicted molar refractivity (Wildman–Crippen MR) is 85.3 cm³/mol. The smallest absolute Gasteiger partial charge is 0.163 e. The molecule has 6 nitrogen and oxygen atoms in total. The zero-order valence-corrected chi connectivity index (χ0v) is 12.9. The van der Waals surface area contributed by atoms with Gasteiger partial charge in [-0.15, -0.1) is 0 Å². The van der Waals surface area contributed by atoms with Crippen molar-refractivity contribution in [2.75, 3.05) is 5.32 Å². The maximum atomic E-state index is 4.57. The van der Waals surface area contributed by atoms with Crippen molar-refractivity contribution in [3.8, 4) is 11.4 Å². The molecule has 0 aliphatic heterocycles. The van der Waals surface area contributed by atoms with Crippen LogP contribution < -0.4 is 5.32 Å². The summed E-state index contributed by atoms with van der Waals surface area (Å²) in [5.41, 5.74) is 4.12. The molecule has 0 aliphatic rings. The standard InChI is InChI=1S/C16H18N6/c1-11-7-15(18-9-14-10-19-22(3)12(14)2)21-16(20-11)13-5-4-6-17-8-13/h4-8,10H,9H2,1-3H3,(H,18,20,21). The molecule has 112 valence electrons. The third kappa shape index (κ3) is 2.95. The van der Waals surface area contributed by atoms with E-state index in [1.54, 1.807) is 12.4 Å². The van der Waals surface area contributed by atoms with E-state index in [-0.39, 0.29) is 0 Å². The van der Waals surface area contributed by atoms with Crippen LogP contribution in [0.1, 0.15) is 17.0 Å². The van der Waals surface area contributed by atoms with Gasteiger partial charge in [0, 0.05) is 54.6 Å². The molecule has 0 aromatic carbocycles. The second-order valence-electron chi connectivity index (χ2n) is 5.19. The Balaban J connectivity index is 1.82. The van der Waals surface area contributed by atoms with Crippen molar-refractivity contribution in [2.24, 2.45) is 7.05 Å². The average molecular weight is 294 g/mol. The third-order valence-corrected chi connectivity index (χ3v) is 3.57. The summed E-state index contributed by atoms with van der Waals surface area (Å²) in [4.78, 5) is 13.2. The molecule has 22 heavy (non-hydrogen) atoms. The summed E-state index contributed by atoms with van der Waals surface area (Å²) in [7, 11) is 1.94. The van der Waals surface area contributed by atoms with E-state index < -0.39 is 0 Å². The highest BCUT2D eigenvalue weighted by atomic mass is 15.3. The molecule has 3 aromatic rings.